The van der Waals surface area contributed by atoms with Crippen LogP contribution in [-0.2, 0) is 42.7 Å². The van der Waals surface area contributed by atoms with Crippen LogP contribution in [-0.4, -0.2) is 147 Å². The summed E-state index contributed by atoms with van der Waals surface area (Å²) < 4.78 is 51.1. The molecular formula is C52H80O15. The third kappa shape index (κ3) is 12.4. The van der Waals surface area contributed by atoms with Gasteiger partial charge in [0.2, 0.25) is 5.79 Å². The first-order chi connectivity index (χ1) is 31.8. The Bertz CT molecular complexity index is 1820. The summed E-state index contributed by atoms with van der Waals surface area (Å²) in [5.74, 6) is -3.41. The maximum Gasteiger partial charge on any atom is 0.338 e. The second-order valence-corrected chi connectivity index (χ2v) is 21.3. The summed E-state index contributed by atoms with van der Waals surface area (Å²) in [7, 11) is 0. The van der Waals surface area contributed by atoms with Crippen molar-refractivity contribution in [3.05, 3.63) is 59.8 Å². The summed E-state index contributed by atoms with van der Waals surface area (Å²) in [5, 5.41) is 64.2. The number of fused-ring (bicyclic) bond motifs is 1. The summed E-state index contributed by atoms with van der Waals surface area (Å²) in [6, 6.07) is 0. The number of ether oxygens (including phenoxy) is 8. The van der Waals surface area contributed by atoms with E-state index in [1.165, 1.54) is 13.0 Å². The van der Waals surface area contributed by atoms with Crippen molar-refractivity contribution in [2.45, 2.75) is 222 Å². The van der Waals surface area contributed by atoms with Gasteiger partial charge in [0.1, 0.15) is 31.0 Å². The molecule has 0 radical (unpaired) electrons. The highest BCUT2D eigenvalue weighted by molar-refractivity contribution is 5.78. The molecule has 0 aromatic carbocycles. The third-order valence-corrected chi connectivity index (χ3v) is 15.3. The van der Waals surface area contributed by atoms with E-state index in [4.69, 9.17) is 43.0 Å². The first kappa shape index (κ1) is 52.5. The van der Waals surface area contributed by atoms with Crippen LogP contribution < -0.4 is 0 Å². The smallest absolute Gasteiger partial charge is 0.338 e. The first-order valence-corrected chi connectivity index (χ1v) is 25.1. The number of rotatable bonds is 15. The van der Waals surface area contributed by atoms with E-state index in [2.05, 4.69) is 26.5 Å². The highest BCUT2D eigenvalue weighted by Gasteiger charge is 2.55. The summed E-state index contributed by atoms with van der Waals surface area (Å²) >= 11 is 0. The lowest BCUT2D eigenvalue weighted by Gasteiger charge is -2.50. The Kier molecular flexibility index (Phi) is 17.2. The van der Waals surface area contributed by atoms with E-state index in [1.807, 2.05) is 26.0 Å². The van der Waals surface area contributed by atoms with Crippen LogP contribution in [0.1, 0.15) is 131 Å². The molecule has 7 heterocycles. The molecule has 7 rings (SSSR count). The van der Waals surface area contributed by atoms with Gasteiger partial charge in [0, 0.05) is 38.0 Å². The monoisotopic (exact) mass is 945 g/mol. The SMILES string of the molecule is C=C1[C@@H](O)[C@@H]2O[C@]3(CC[C@H](C=C[C@@H](C)[C@@H]4CC(C)=C[C@@]5(O[C@H](C[C@@](C)(O)C(=O)OC/C(C)=C/C=C/C(O)CO)CC[C@H]5O)O4)O3)CC[C@H]2O[C@@H]1[C@@H](O)C[C@H](C)[C@H]1O[C@@]2(CCCCO2)CC[C@H]1C. The fourth-order valence-corrected chi connectivity index (χ4v) is 11.3. The Morgan fingerprint density at radius 2 is 1.75 bits per heavy atom. The zero-order valence-electron chi connectivity index (χ0n) is 40.6. The van der Waals surface area contributed by atoms with Crippen molar-refractivity contribution in [1.29, 1.82) is 0 Å². The minimum absolute atomic E-state index is 0.0403. The van der Waals surface area contributed by atoms with Crippen LogP contribution in [0.25, 0.3) is 0 Å². The largest absolute Gasteiger partial charge is 0.459 e. The van der Waals surface area contributed by atoms with Crippen molar-refractivity contribution in [2.75, 3.05) is 19.8 Å². The molecule has 18 atom stereocenters. The molecular weight excluding hydrogens is 865 g/mol. The Balaban J connectivity index is 0.895. The van der Waals surface area contributed by atoms with Gasteiger partial charge in [-0.3, -0.25) is 0 Å². The first-order valence-electron chi connectivity index (χ1n) is 25.1. The Hall–Kier alpha value is -2.35. The van der Waals surface area contributed by atoms with Gasteiger partial charge in [-0.25, -0.2) is 4.79 Å². The minimum atomic E-state index is -1.88. The summed E-state index contributed by atoms with van der Waals surface area (Å²) in [5.41, 5.74) is 0.192. The molecule has 0 saturated carbocycles. The van der Waals surface area contributed by atoms with Gasteiger partial charge in [-0.1, -0.05) is 63.3 Å². The molecule has 3 spiro atoms. The Morgan fingerprint density at radius 3 is 2.49 bits per heavy atom. The van der Waals surface area contributed by atoms with Crippen LogP contribution in [0.2, 0.25) is 0 Å². The lowest BCUT2D eigenvalue weighted by Crippen LogP contribution is -2.60. The quantitative estimate of drug-likeness (QED) is 0.0678. The van der Waals surface area contributed by atoms with Crippen molar-refractivity contribution in [3.63, 3.8) is 0 Å². The summed E-state index contributed by atoms with van der Waals surface area (Å²) in [6.45, 7) is 15.9. The molecule has 0 aliphatic carbocycles. The fraction of sp³-hybridized carbons (Fsp3) is 0.788. The molecule has 6 N–H and O–H groups in total. The molecule has 0 bridgehead atoms. The van der Waals surface area contributed by atoms with Crippen LogP contribution in [0.15, 0.2) is 59.8 Å². The third-order valence-electron chi connectivity index (χ3n) is 15.3. The lowest BCUT2D eigenvalue weighted by molar-refractivity contribution is -0.321. The molecule has 15 nitrogen and oxygen atoms in total. The second kappa shape index (κ2) is 22.0. The fourth-order valence-electron chi connectivity index (χ4n) is 11.3. The molecule has 1 unspecified atom stereocenters. The molecule has 6 saturated heterocycles. The number of aliphatic hydroxyl groups excluding tert-OH is 5. The number of carbonyl (C=O) groups excluding carboxylic acids is 1. The number of hydrogen-bond acceptors (Lipinski definition) is 15. The van der Waals surface area contributed by atoms with Crippen molar-refractivity contribution < 1.29 is 73.3 Å². The number of aliphatic hydroxyl groups is 6. The number of hydrogen-bond donors (Lipinski definition) is 6. The van der Waals surface area contributed by atoms with Gasteiger partial charge in [-0.05, 0) is 108 Å². The summed E-state index contributed by atoms with van der Waals surface area (Å²) in [6.07, 6.45) is 12.8. The average molecular weight is 945 g/mol. The van der Waals surface area contributed by atoms with Gasteiger partial charge in [0.25, 0.3) is 0 Å². The number of carbonyl (C=O) groups is 1. The maximum absolute atomic E-state index is 13.0. The minimum Gasteiger partial charge on any atom is -0.459 e. The van der Waals surface area contributed by atoms with E-state index in [0.29, 0.717) is 68.4 Å². The molecule has 15 heteroatoms. The highest BCUT2D eigenvalue weighted by Crippen LogP contribution is 2.47. The molecule has 67 heavy (non-hydrogen) atoms. The van der Waals surface area contributed by atoms with Gasteiger partial charge in [0.05, 0.1) is 55.9 Å². The van der Waals surface area contributed by atoms with Crippen molar-refractivity contribution in [2.24, 2.45) is 17.8 Å². The van der Waals surface area contributed by atoms with Gasteiger partial charge in [-0.2, -0.15) is 0 Å². The average Bonchev–Trinajstić information content (AvgIpc) is 3.69. The van der Waals surface area contributed by atoms with Crippen LogP contribution in [0.3, 0.4) is 0 Å². The summed E-state index contributed by atoms with van der Waals surface area (Å²) in [4.78, 5) is 13.0. The van der Waals surface area contributed by atoms with Crippen LogP contribution >= 0.6 is 0 Å². The van der Waals surface area contributed by atoms with Crippen LogP contribution in [0.4, 0.5) is 0 Å². The van der Waals surface area contributed by atoms with E-state index in [9.17, 15) is 30.3 Å². The molecule has 7 aliphatic rings. The van der Waals surface area contributed by atoms with Crippen molar-refractivity contribution in [1.82, 2.24) is 0 Å². The zero-order valence-corrected chi connectivity index (χ0v) is 40.6. The van der Waals surface area contributed by atoms with E-state index in [-0.39, 0.29) is 43.2 Å². The van der Waals surface area contributed by atoms with E-state index in [1.54, 1.807) is 19.1 Å². The second-order valence-electron chi connectivity index (χ2n) is 21.3. The Labute approximate surface area is 397 Å². The predicted molar refractivity (Wildman–Crippen MR) is 247 cm³/mol. The normalized spacial score (nSPS) is 41.3. The van der Waals surface area contributed by atoms with Gasteiger partial charge < -0.3 is 68.5 Å². The van der Waals surface area contributed by atoms with Crippen molar-refractivity contribution in [3.8, 4) is 0 Å². The number of esters is 1. The van der Waals surface area contributed by atoms with E-state index >= 15 is 0 Å². The van der Waals surface area contributed by atoms with Gasteiger partial charge in [-0.15, -0.1) is 0 Å². The zero-order chi connectivity index (χ0) is 48.3. The topological polar surface area (TPSA) is 212 Å². The van der Waals surface area contributed by atoms with Gasteiger partial charge >= 0.3 is 5.97 Å². The highest BCUT2D eigenvalue weighted by atomic mass is 16.7. The lowest BCUT2D eigenvalue weighted by atomic mass is 9.79. The van der Waals surface area contributed by atoms with E-state index < -0.39 is 84.4 Å². The molecule has 6 fully saturated rings. The Morgan fingerprint density at radius 1 is 0.985 bits per heavy atom. The molecule has 0 amide bonds. The number of allylic oxidation sites excluding steroid dienone is 2. The molecule has 7 aliphatic heterocycles. The molecule has 0 aromatic heterocycles. The predicted octanol–water partition coefficient (Wildman–Crippen LogP) is 5.53. The molecule has 378 valence electrons. The van der Waals surface area contributed by atoms with Gasteiger partial charge in [0.15, 0.2) is 17.2 Å². The van der Waals surface area contributed by atoms with Crippen LogP contribution in [0, 0.1) is 17.8 Å². The standard InChI is InChI=1S/C52H80O15/c1-31(11-10-12-37(54)29-53)30-60-48(58)49(7,59)28-39-15-16-43(56)52(64-39)27-32(2)25-42(65-52)33(3)13-14-38-18-22-51(63-38)23-19-41-47(67-51)44(57)36(6)46(62-41)40(55)26-35(5)45-34(4)17-21-50(66-45)20-8-9-24-61-50/h10-14,27,33-35,37-47,53-57,59H,6,8-9,15-26,28-30H2,1-5,7H3/b12-10+,14-13?,31-11+/t33-,34-,35+,37?,38+,39+,40+,41-,42+,43-,44-,45+,46+,47-,49-,50+,51-,52-/m1/s1. The molecule has 0 aromatic rings. The van der Waals surface area contributed by atoms with Crippen molar-refractivity contribution >= 4 is 5.97 Å². The van der Waals surface area contributed by atoms with E-state index in [0.717, 1.165) is 44.3 Å². The maximum atomic E-state index is 13.0. The van der Waals surface area contributed by atoms with Crippen LogP contribution in [0.5, 0.6) is 0 Å².